The van der Waals surface area contributed by atoms with E-state index in [9.17, 15) is 0 Å². The second-order valence-electron chi connectivity index (χ2n) is 3.36. The van der Waals surface area contributed by atoms with Gasteiger partial charge in [0.05, 0.1) is 5.52 Å². The molecule has 0 unspecified atom stereocenters. The molecule has 0 aliphatic heterocycles. The Morgan fingerprint density at radius 3 is 2.27 bits per heavy atom. The first kappa shape index (κ1) is 9.87. The normalized spacial score (nSPS) is 10.1. The molecule has 0 atom stereocenters. The predicted octanol–water partition coefficient (Wildman–Crippen LogP) is 3.01. The molecular formula is C13H9NSi. The van der Waals surface area contributed by atoms with Crippen molar-refractivity contribution in [1.82, 2.24) is 4.98 Å². The van der Waals surface area contributed by atoms with Crippen LogP contribution in [0.1, 0.15) is 0 Å². The summed E-state index contributed by atoms with van der Waals surface area (Å²) in [7, 11) is 0. The third kappa shape index (κ3) is 1.53. The highest BCUT2D eigenvalue weighted by atomic mass is 28.1. The van der Waals surface area contributed by atoms with Crippen molar-refractivity contribution < 1.29 is 0 Å². The number of fused-ring (bicyclic) bond motifs is 3. The highest BCUT2D eigenvalue weighted by Gasteiger charge is 1.98. The molecule has 0 fully saturated rings. The minimum Gasteiger partial charge on any atom is -0.256 e. The molecular weight excluding hydrogens is 198 g/mol. The Labute approximate surface area is 92.8 Å². The molecule has 70 valence electrons. The molecule has 2 aromatic carbocycles. The maximum atomic E-state index is 4.41. The zero-order valence-corrected chi connectivity index (χ0v) is 9.14. The number of hydrogen-bond acceptors (Lipinski definition) is 1. The van der Waals surface area contributed by atoms with Crippen LogP contribution < -0.4 is 0 Å². The van der Waals surface area contributed by atoms with Crippen LogP contribution >= 0.6 is 0 Å². The predicted molar refractivity (Wildman–Crippen MR) is 65.0 cm³/mol. The van der Waals surface area contributed by atoms with Gasteiger partial charge in [0.25, 0.3) is 0 Å². The number of benzene rings is 2. The van der Waals surface area contributed by atoms with E-state index in [-0.39, 0.29) is 11.0 Å². The van der Waals surface area contributed by atoms with Crippen molar-refractivity contribution in [2.45, 2.75) is 0 Å². The molecule has 2 heteroatoms. The van der Waals surface area contributed by atoms with E-state index in [0.717, 1.165) is 5.52 Å². The van der Waals surface area contributed by atoms with Crippen molar-refractivity contribution in [1.29, 1.82) is 0 Å². The van der Waals surface area contributed by atoms with E-state index < -0.39 is 0 Å². The molecule has 0 spiro atoms. The molecule has 1 aromatic heterocycles. The Morgan fingerprint density at radius 2 is 1.40 bits per heavy atom. The smallest absolute Gasteiger partial charge is 0.0708 e. The van der Waals surface area contributed by atoms with E-state index in [1.165, 1.54) is 16.2 Å². The van der Waals surface area contributed by atoms with Crippen LogP contribution in [0.25, 0.3) is 21.7 Å². The summed E-state index contributed by atoms with van der Waals surface area (Å²) in [6.45, 7) is 0. The topological polar surface area (TPSA) is 12.9 Å². The minimum absolute atomic E-state index is 0. The van der Waals surface area contributed by atoms with Gasteiger partial charge in [0.2, 0.25) is 0 Å². The molecule has 0 aliphatic carbocycles. The molecule has 3 rings (SSSR count). The summed E-state index contributed by atoms with van der Waals surface area (Å²) in [6.07, 6.45) is 1.93. The molecule has 0 N–H and O–H groups in total. The van der Waals surface area contributed by atoms with E-state index in [1.807, 2.05) is 24.4 Å². The third-order valence-corrected chi connectivity index (χ3v) is 2.50. The van der Waals surface area contributed by atoms with Crippen molar-refractivity contribution in [3.63, 3.8) is 0 Å². The van der Waals surface area contributed by atoms with E-state index in [1.54, 1.807) is 0 Å². The molecule has 0 aliphatic rings. The summed E-state index contributed by atoms with van der Waals surface area (Å²) in [6, 6.07) is 16.6. The summed E-state index contributed by atoms with van der Waals surface area (Å²) in [4.78, 5) is 4.41. The van der Waals surface area contributed by atoms with Gasteiger partial charge in [-0.1, -0.05) is 42.5 Å². The van der Waals surface area contributed by atoms with Gasteiger partial charge >= 0.3 is 0 Å². The largest absolute Gasteiger partial charge is 0.256 e. The van der Waals surface area contributed by atoms with Crippen LogP contribution in [-0.4, -0.2) is 15.9 Å². The molecule has 15 heavy (non-hydrogen) atoms. The second kappa shape index (κ2) is 3.83. The number of pyridine rings is 1. The number of para-hydroxylation sites is 1. The number of hydrogen-bond donors (Lipinski definition) is 0. The lowest BCUT2D eigenvalue weighted by atomic mass is 10.1. The summed E-state index contributed by atoms with van der Waals surface area (Å²) in [5.41, 5.74) is 1.06. The van der Waals surface area contributed by atoms with Gasteiger partial charge in [0, 0.05) is 27.9 Å². The Morgan fingerprint density at radius 1 is 0.733 bits per heavy atom. The summed E-state index contributed by atoms with van der Waals surface area (Å²) >= 11 is 0. The fourth-order valence-electron chi connectivity index (χ4n) is 1.81. The lowest BCUT2D eigenvalue weighted by Gasteiger charge is -2.01. The zero-order chi connectivity index (χ0) is 9.38. The first-order valence-electron chi connectivity index (χ1n) is 4.68. The fourth-order valence-corrected chi connectivity index (χ4v) is 1.81. The van der Waals surface area contributed by atoms with Crippen LogP contribution in [0, 0.1) is 0 Å². The van der Waals surface area contributed by atoms with Gasteiger partial charge in [-0.2, -0.15) is 0 Å². The van der Waals surface area contributed by atoms with Gasteiger partial charge in [-0.15, -0.1) is 0 Å². The van der Waals surface area contributed by atoms with Gasteiger partial charge in [-0.3, -0.25) is 4.98 Å². The van der Waals surface area contributed by atoms with E-state index in [2.05, 4.69) is 35.3 Å². The van der Waals surface area contributed by atoms with E-state index >= 15 is 0 Å². The van der Waals surface area contributed by atoms with Crippen LogP contribution in [0.15, 0.2) is 54.7 Å². The summed E-state index contributed by atoms with van der Waals surface area (Å²) in [5, 5.41) is 3.70. The summed E-state index contributed by atoms with van der Waals surface area (Å²) in [5.74, 6) is 0. The van der Waals surface area contributed by atoms with Crippen LogP contribution in [0.4, 0.5) is 0 Å². The maximum Gasteiger partial charge on any atom is 0.0708 e. The Bertz CT molecular complexity index is 550. The zero-order valence-electron chi connectivity index (χ0n) is 8.14. The van der Waals surface area contributed by atoms with E-state index in [4.69, 9.17) is 0 Å². The molecule has 0 amide bonds. The van der Waals surface area contributed by atoms with Gasteiger partial charge in [0.1, 0.15) is 0 Å². The lowest BCUT2D eigenvalue weighted by molar-refractivity contribution is 1.44. The van der Waals surface area contributed by atoms with E-state index in [0.29, 0.717) is 0 Å². The van der Waals surface area contributed by atoms with Crippen molar-refractivity contribution in [2.75, 3.05) is 0 Å². The van der Waals surface area contributed by atoms with Crippen LogP contribution in [0.2, 0.25) is 0 Å². The summed E-state index contributed by atoms with van der Waals surface area (Å²) < 4.78 is 0. The molecule has 1 heterocycles. The average Bonchev–Trinajstić information content (AvgIpc) is 2.29. The Balaban J connectivity index is 0.000000853. The molecule has 3 aromatic rings. The highest BCUT2D eigenvalue weighted by molar-refractivity contribution is 6.05. The second-order valence-corrected chi connectivity index (χ2v) is 3.36. The third-order valence-electron chi connectivity index (χ3n) is 2.50. The van der Waals surface area contributed by atoms with Crippen molar-refractivity contribution in [3.05, 3.63) is 54.7 Å². The fraction of sp³-hybridized carbons (Fsp3) is 0. The lowest BCUT2D eigenvalue weighted by Crippen LogP contribution is -1.80. The number of aromatic nitrogens is 1. The van der Waals surface area contributed by atoms with Gasteiger partial charge in [-0.25, -0.2) is 0 Å². The van der Waals surface area contributed by atoms with Gasteiger partial charge < -0.3 is 0 Å². The Hall–Kier alpha value is -1.67. The SMILES string of the molecule is [Si].c1ccc2c(c1)cnc1ccccc12. The highest BCUT2D eigenvalue weighted by Crippen LogP contribution is 2.22. The monoisotopic (exact) mass is 207 g/mol. The van der Waals surface area contributed by atoms with Crippen LogP contribution in [-0.2, 0) is 0 Å². The maximum absolute atomic E-state index is 4.41. The van der Waals surface area contributed by atoms with Crippen molar-refractivity contribution in [2.24, 2.45) is 0 Å². The standard InChI is InChI=1S/C13H9N.Si/c1-2-6-11-10(5-1)9-14-13-8-4-3-7-12(11)13;/h1-9H;. The van der Waals surface area contributed by atoms with Gasteiger partial charge in [0.15, 0.2) is 0 Å². The molecule has 1 nitrogen and oxygen atoms in total. The number of rotatable bonds is 0. The molecule has 4 radical (unpaired) electrons. The first-order valence-corrected chi connectivity index (χ1v) is 4.68. The van der Waals surface area contributed by atoms with Crippen molar-refractivity contribution >= 4 is 32.6 Å². The minimum atomic E-state index is 0. The molecule has 0 saturated carbocycles. The quantitative estimate of drug-likeness (QED) is 0.408. The van der Waals surface area contributed by atoms with Crippen molar-refractivity contribution in [3.8, 4) is 0 Å². The number of nitrogens with zero attached hydrogens (tertiary/aromatic N) is 1. The van der Waals surface area contributed by atoms with Gasteiger partial charge in [-0.05, 0) is 11.5 Å². The van der Waals surface area contributed by atoms with Crippen LogP contribution in [0.3, 0.4) is 0 Å². The molecule has 0 bridgehead atoms. The Kier molecular flexibility index (Phi) is 2.52. The van der Waals surface area contributed by atoms with Crippen LogP contribution in [0.5, 0.6) is 0 Å². The first-order chi connectivity index (χ1) is 6.95. The average molecular weight is 207 g/mol. The molecule has 0 saturated heterocycles.